The number of carbonyl (C=O) groups excluding carboxylic acids is 1. The molecule has 25 heavy (non-hydrogen) atoms. The third-order valence-electron chi connectivity index (χ3n) is 3.74. The molecule has 0 fully saturated rings. The smallest absolute Gasteiger partial charge is 0.461 e. The number of para-hydroxylation sites is 1. The van der Waals surface area contributed by atoms with Crippen LogP contribution in [0.4, 0.5) is 22.0 Å². The van der Waals surface area contributed by atoms with Crippen molar-refractivity contribution >= 4 is 33.3 Å². The van der Waals surface area contributed by atoms with Crippen molar-refractivity contribution in [1.82, 2.24) is 4.98 Å². The molecule has 0 saturated heterocycles. The minimum atomic E-state index is -6.03. The highest BCUT2D eigenvalue weighted by Gasteiger charge is 2.62. The number of nitrogens with one attached hydrogen (secondary N) is 1. The molecule has 2 aromatic carbocycles. The topological polar surface area (TPSA) is 53.1 Å². The molecule has 3 aromatic rings. The van der Waals surface area contributed by atoms with Crippen LogP contribution in [-0.2, 0) is 4.79 Å². The number of allylic oxidation sites excluding steroid dienone is 1. The van der Waals surface area contributed by atoms with Gasteiger partial charge in [-0.1, -0.05) is 30.3 Å². The highest BCUT2D eigenvalue weighted by molar-refractivity contribution is 6.08. The van der Waals surface area contributed by atoms with Crippen molar-refractivity contribution in [2.75, 3.05) is 0 Å². The predicted octanol–water partition coefficient (Wildman–Crippen LogP) is 4.99. The number of ketones is 1. The van der Waals surface area contributed by atoms with Crippen LogP contribution in [-0.4, -0.2) is 28.0 Å². The Hall–Kier alpha value is -2.90. The molecule has 0 amide bonds. The first-order valence-electron chi connectivity index (χ1n) is 7.02. The predicted molar refractivity (Wildman–Crippen MR) is 82.4 cm³/mol. The average Bonchev–Trinajstić information content (AvgIpc) is 2.91. The maximum atomic E-state index is 13.0. The van der Waals surface area contributed by atoms with E-state index >= 15 is 0 Å². The molecule has 3 nitrogen and oxygen atoms in total. The summed E-state index contributed by atoms with van der Waals surface area (Å²) in [7, 11) is 0. The second-order valence-corrected chi connectivity index (χ2v) is 5.40. The molecule has 0 spiro atoms. The van der Waals surface area contributed by atoms with E-state index < -0.39 is 23.6 Å². The third kappa shape index (κ3) is 2.84. The van der Waals surface area contributed by atoms with Crippen molar-refractivity contribution in [1.29, 1.82) is 0 Å². The van der Waals surface area contributed by atoms with Gasteiger partial charge in [0.2, 0.25) is 5.78 Å². The van der Waals surface area contributed by atoms with Gasteiger partial charge in [-0.2, -0.15) is 22.0 Å². The largest absolute Gasteiger partial charge is 0.507 e. The van der Waals surface area contributed by atoms with E-state index in [0.717, 1.165) is 16.3 Å². The number of aliphatic hydroxyl groups excluding tert-OH is 1. The molecule has 0 saturated carbocycles. The number of H-pyrrole nitrogens is 1. The highest BCUT2D eigenvalue weighted by atomic mass is 19.4. The van der Waals surface area contributed by atoms with Gasteiger partial charge in [0.05, 0.1) is 0 Å². The molecule has 8 heteroatoms. The summed E-state index contributed by atoms with van der Waals surface area (Å²) in [5.74, 6) is -9.07. The summed E-state index contributed by atoms with van der Waals surface area (Å²) >= 11 is 0. The number of aromatic amines is 1. The van der Waals surface area contributed by atoms with E-state index in [9.17, 15) is 31.9 Å². The number of hydrogen-bond acceptors (Lipinski definition) is 2. The fraction of sp³-hybridized carbons (Fsp3) is 0.118. The lowest BCUT2D eigenvalue weighted by molar-refractivity contribution is -0.266. The van der Waals surface area contributed by atoms with Gasteiger partial charge in [-0.3, -0.25) is 4.79 Å². The van der Waals surface area contributed by atoms with E-state index in [1.807, 2.05) is 12.1 Å². The van der Waals surface area contributed by atoms with Crippen molar-refractivity contribution in [3.05, 3.63) is 54.1 Å². The number of hydrogen-bond donors (Lipinski definition) is 2. The van der Waals surface area contributed by atoms with Gasteiger partial charge in [-0.25, -0.2) is 0 Å². The zero-order chi connectivity index (χ0) is 18.4. The molecule has 1 aromatic heterocycles. The van der Waals surface area contributed by atoms with Crippen molar-refractivity contribution in [2.45, 2.75) is 12.1 Å². The van der Waals surface area contributed by atoms with Gasteiger partial charge in [0.1, 0.15) is 5.76 Å². The van der Waals surface area contributed by atoms with Crippen molar-refractivity contribution in [3.63, 3.8) is 0 Å². The molecule has 0 atom stereocenters. The molecule has 0 aliphatic rings. The zero-order valence-corrected chi connectivity index (χ0v) is 12.4. The SMILES string of the molecule is O=C(/C=C(\O)c1ccc2c(c1)[nH]c1ccccc12)C(F)(F)C(F)(F)F. The lowest BCUT2D eigenvalue weighted by atomic mass is 10.1. The summed E-state index contributed by atoms with van der Waals surface area (Å²) in [6.45, 7) is 0. The number of aliphatic hydroxyl groups is 1. The Balaban J connectivity index is 2.01. The van der Waals surface area contributed by atoms with E-state index in [-0.39, 0.29) is 11.6 Å². The molecule has 0 aliphatic heterocycles. The van der Waals surface area contributed by atoms with Crippen LogP contribution in [0.3, 0.4) is 0 Å². The Morgan fingerprint density at radius 2 is 1.60 bits per heavy atom. The molecule has 1 heterocycles. The minimum absolute atomic E-state index is 0.0645. The minimum Gasteiger partial charge on any atom is -0.507 e. The second-order valence-electron chi connectivity index (χ2n) is 5.40. The van der Waals surface area contributed by atoms with E-state index in [1.54, 1.807) is 18.2 Å². The van der Waals surface area contributed by atoms with E-state index in [2.05, 4.69) is 4.98 Å². The van der Waals surface area contributed by atoms with Crippen molar-refractivity contribution < 1.29 is 31.9 Å². The zero-order valence-electron chi connectivity index (χ0n) is 12.4. The molecule has 0 radical (unpaired) electrons. The van der Waals surface area contributed by atoms with Crippen LogP contribution in [0.5, 0.6) is 0 Å². The van der Waals surface area contributed by atoms with Crippen molar-refractivity contribution in [3.8, 4) is 0 Å². The summed E-state index contributed by atoms with van der Waals surface area (Å²) in [5, 5.41) is 11.4. The van der Waals surface area contributed by atoms with Gasteiger partial charge in [0, 0.05) is 33.4 Å². The summed E-state index contributed by atoms with van der Waals surface area (Å²) in [5.41, 5.74) is 1.26. The van der Waals surface area contributed by atoms with Crippen LogP contribution in [0.15, 0.2) is 48.5 Å². The normalized spacial score (nSPS) is 13.6. The lowest BCUT2D eigenvalue weighted by Crippen LogP contribution is -2.43. The second kappa shape index (κ2) is 5.58. The van der Waals surface area contributed by atoms with Crippen LogP contribution in [0.1, 0.15) is 5.56 Å². The van der Waals surface area contributed by atoms with E-state index in [0.29, 0.717) is 5.52 Å². The Morgan fingerprint density at radius 1 is 0.960 bits per heavy atom. The molecular weight excluding hydrogens is 345 g/mol. The van der Waals surface area contributed by atoms with Gasteiger partial charge < -0.3 is 10.1 Å². The first kappa shape index (κ1) is 16.9. The van der Waals surface area contributed by atoms with Gasteiger partial charge in [0.25, 0.3) is 0 Å². The number of alkyl halides is 5. The fourth-order valence-electron chi connectivity index (χ4n) is 2.45. The van der Waals surface area contributed by atoms with Crippen LogP contribution < -0.4 is 0 Å². The summed E-state index contributed by atoms with van der Waals surface area (Å²) < 4.78 is 62.4. The molecule has 130 valence electrons. The number of benzene rings is 2. The lowest BCUT2D eigenvalue weighted by Gasteiger charge is -2.16. The maximum Gasteiger partial charge on any atom is 0.461 e. The van der Waals surface area contributed by atoms with Crippen LogP contribution in [0.2, 0.25) is 0 Å². The van der Waals surface area contributed by atoms with Crippen LogP contribution in [0.25, 0.3) is 27.6 Å². The van der Waals surface area contributed by atoms with E-state index in [4.69, 9.17) is 0 Å². The standard InChI is InChI=1S/C17H10F5NO2/c18-16(19,17(20,21)22)15(25)8-14(24)9-5-6-11-10-3-1-2-4-12(10)23-13(11)7-9/h1-8,23-24H/b14-8-. The average molecular weight is 355 g/mol. The van der Waals surface area contributed by atoms with E-state index in [1.165, 1.54) is 12.1 Å². The van der Waals surface area contributed by atoms with Crippen molar-refractivity contribution in [2.24, 2.45) is 0 Å². The van der Waals surface area contributed by atoms with Gasteiger partial charge in [-0.05, 0) is 12.1 Å². The number of rotatable bonds is 3. The summed E-state index contributed by atoms with van der Waals surface area (Å²) in [6.07, 6.45) is -6.14. The number of aromatic nitrogens is 1. The monoisotopic (exact) mass is 355 g/mol. The number of halogens is 5. The summed E-state index contributed by atoms with van der Waals surface area (Å²) in [6, 6.07) is 11.5. The molecule has 0 unspecified atom stereocenters. The van der Waals surface area contributed by atoms with Gasteiger partial charge in [0.15, 0.2) is 0 Å². The maximum absolute atomic E-state index is 13.0. The van der Waals surface area contributed by atoms with Gasteiger partial charge in [-0.15, -0.1) is 0 Å². The first-order valence-corrected chi connectivity index (χ1v) is 7.02. The van der Waals surface area contributed by atoms with Gasteiger partial charge >= 0.3 is 12.1 Å². The highest BCUT2D eigenvalue weighted by Crippen LogP contribution is 2.37. The Bertz CT molecular complexity index is 1000. The molecule has 0 bridgehead atoms. The molecule has 3 rings (SSSR count). The van der Waals surface area contributed by atoms with Crippen LogP contribution in [0, 0.1) is 0 Å². The molecule has 0 aliphatic carbocycles. The molecule has 2 N–H and O–H groups in total. The summed E-state index contributed by atoms with van der Waals surface area (Å²) in [4.78, 5) is 14.2. The Labute approximate surface area is 137 Å². The Kier molecular flexibility index (Phi) is 3.78. The quantitative estimate of drug-likeness (QED) is 0.395. The van der Waals surface area contributed by atoms with Crippen LogP contribution >= 0.6 is 0 Å². The third-order valence-corrected chi connectivity index (χ3v) is 3.74. The number of fused-ring (bicyclic) bond motifs is 3. The fourth-order valence-corrected chi connectivity index (χ4v) is 2.45. The number of carbonyl (C=O) groups is 1. The Morgan fingerprint density at radius 3 is 2.28 bits per heavy atom. The molecular formula is C17H10F5NO2. The first-order chi connectivity index (χ1) is 11.6.